The van der Waals surface area contributed by atoms with Crippen molar-refractivity contribution in [2.75, 3.05) is 31.1 Å². The molecule has 9 heteroatoms. The van der Waals surface area contributed by atoms with Gasteiger partial charge in [0.15, 0.2) is 5.88 Å². The standard InChI is InChI=1S/C36H50N3O5P/c1-7-11-14-28-16-18-34-30(22-28)23-31-24-32(39(9-3)10-4)17-19-35(31)36(34)29(8-2)25-33(15-12-13-26(5)37)44-27(6)38-20-21-43-45(40,41)42/h8,12-14,16-19,22,24-26,38H,6-7,9-11,15,20-21,23,37H2,1-5H3,(H2,40,41,42)/b13-12-,28-14-,29-8+,33-25?. The van der Waals surface area contributed by atoms with Gasteiger partial charge in [0.25, 0.3) is 0 Å². The Morgan fingerprint density at radius 3 is 2.56 bits per heavy atom. The van der Waals surface area contributed by atoms with Gasteiger partial charge in [-0.3, -0.25) is 4.52 Å². The average molecular weight is 636 g/mol. The molecule has 1 atom stereocenters. The summed E-state index contributed by atoms with van der Waals surface area (Å²) in [5, 5.41) is 5.37. The molecule has 0 radical (unpaired) electrons. The van der Waals surface area contributed by atoms with Crippen LogP contribution in [-0.2, 0) is 20.2 Å². The van der Waals surface area contributed by atoms with E-state index in [2.05, 4.69) is 90.6 Å². The van der Waals surface area contributed by atoms with Gasteiger partial charge in [0.2, 0.25) is 0 Å². The number of anilines is 1. The van der Waals surface area contributed by atoms with Gasteiger partial charge in [-0.1, -0.05) is 61.9 Å². The zero-order valence-corrected chi connectivity index (χ0v) is 28.3. The number of nitrogens with two attached hydrogens (primary N) is 1. The molecule has 1 aliphatic carbocycles. The maximum absolute atomic E-state index is 11.0. The number of phosphoric acid groups is 1. The number of allylic oxidation sites excluding steroid dienone is 4. The van der Waals surface area contributed by atoms with Crippen LogP contribution in [-0.4, -0.2) is 42.1 Å². The van der Waals surface area contributed by atoms with Gasteiger partial charge < -0.3 is 30.5 Å². The largest absolute Gasteiger partial charge is 0.469 e. The summed E-state index contributed by atoms with van der Waals surface area (Å²) < 4.78 is 21.7. The zero-order valence-electron chi connectivity index (χ0n) is 27.4. The van der Waals surface area contributed by atoms with Crippen molar-refractivity contribution in [2.45, 2.75) is 66.3 Å². The normalized spacial score (nSPS) is 14.8. The number of unbranched alkanes of at least 4 members (excludes halogenated alkanes) is 1. The van der Waals surface area contributed by atoms with Crippen LogP contribution in [0.5, 0.6) is 0 Å². The van der Waals surface area contributed by atoms with E-state index >= 15 is 0 Å². The van der Waals surface area contributed by atoms with E-state index in [0.29, 0.717) is 12.2 Å². The highest BCUT2D eigenvalue weighted by Crippen LogP contribution is 2.35. The number of rotatable bonds is 17. The Labute approximate surface area is 268 Å². The molecule has 45 heavy (non-hydrogen) atoms. The van der Waals surface area contributed by atoms with Crippen LogP contribution in [0.25, 0.3) is 11.6 Å². The van der Waals surface area contributed by atoms with Crippen molar-refractivity contribution in [3.8, 4) is 0 Å². The molecule has 8 nitrogen and oxygen atoms in total. The highest BCUT2D eigenvalue weighted by molar-refractivity contribution is 7.46. The molecule has 1 unspecified atom stereocenters. The molecule has 5 N–H and O–H groups in total. The highest BCUT2D eigenvalue weighted by atomic mass is 31.2. The molecule has 0 fully saturated rings. The zero-order chi connectivity index (χ0) is 33.0. The fraction of sp³-hybridized carbons (Fsp3) is 0.389. The molecule has 0 saturated heterocycles. The molecular formula is C36H50N3O5P. The fourth-order valence-electron chi connectivity index (χ4n) is 5.41. The van der Waals surface area contributed by atoms with Gasteiger partial charge >= 0.3 is 7.82 Å². The van der Waals surface area contributed by atoms with E-state index in [0.717, 1.165) is 43.5 Å². The monoisotopic (exact) mass is 635 g/mol. The van der Waals surface area contributed by atoms with Gasteiger partial charge in [-0.2, -0.15) is 0 Å². The molecule has 1 aliphatic rings. The second kappa shape index (κ2) is 17.3. The first-order valence-electron chi connectivity index (χ1n) is 15.8. The van der Waals surface area contributed by atoms with E-state index in [9.17, 15) is 4.57 Å². The summed E-state index contributed by atoms with van der Waals surface area (Å²) in [5.41, 5.74) is 13.1. The van der Waals surface area contributed by atoms with Crippen molar-refractivity contribution < 1.29 is 23.6 Å². The number of phosphoric ester groups is 1. The van der Waals surface area contributed by atoms with Gasteiger partial charge in [-0.05, 0) is 104 Å². The maximum atomic E-state index is 11.0. The van der Waals surface area contributed by atoms with Crippen LogP contribution in [0.2, 0.25) is 0 Å². The number of nitrogens with zero attached hydrogens (tertiary/aromatic N) is 1. The van der Waals surface area contributed by atoms with Crippen LogP contribution >= 0.6 is 7.82 Å². The lowest BCUT2D eigenvalue weighted by Crippen LogP contribution is -2.25. The quantitative estimate of drug-likeness (QED) is 0.0590. The van der Waals surface area contributed by atoms with Crippen molar-refractivity contribution in [3.63, 3.8) is 0 Å². The SMILES string of the molecule is C=C(NCCOP(=O)(O)O)OC(=C/C(=C\C)C1=c2cc/c(=C/CCC)cc2Cc2cc(N(CC)CC)ccc21)C/C=C\C(C)N. The van der Waals surface area contributed by atoms with Crippen molar-refractivity contribution in [1.82, 2.24) is 5.32 Å². The molecule has 0 bridgehead atoms. The van der Waals surface area contributed by atoms with Gasteiger partial charge in [-0.25, -0.2) is 4.57 Å². The second-order valence-electron chi connectivity index (χ2n) is 11.1. The smallest absolute Gasteiger partial charge is 0.446 e. The summed E-state index contributed by atoms with van der Waals surface area (Å²) in [4.78, 5) is 20.3. The number of benzene rings is 2. The number of hydrogen-bond donors (Lipinski definition) is 4. The van der Waals surface area contributed by atoms with E-state index < -0.39 is 7.82 Å². The summed E-state index contributed by atoms with van der Waals surface area (Å²) >= 11 is 0. The Morgan fingerprint density at radius 2 is 1.91 bits per heavy atom. The van der Waals surface area contributed by atoms with Crippen molar-refractivity contribution in [1.29, 1.82) is 0 Å². The summed E-state index contributed by atoms with van der Waals surface area (Å²) in [6.07, 6.45) is 13.8. The highest BCUT2D eigenvalue weighted by Gasteiger charge is 2.21. The van der Waals surface area contributed by atoms with Crippen LogP contribution in [0.1, 0.15) is 70.6 Å². The molecule has 244 valence electrons. The predicted octanol–water partition coefficient (Wildman–Crippen LogP) is 5.53. The van der Waals surface area contributed by atoms with Crippen LogP contribution in [0.15, 0.2) is 84.5 Å². The summed E-state index contributed by atoms with van der Waals surface area (Å²) in [5.74, 6) is 0.886. The minimum absolute atomic E-state index is 0.108. The lowest BCUT2D eigenvalue weighted by Gasteiger charge is -2.26. The fourth-order valence-corrected chi connectivity index (χ4v) is 5.74. The average Bonchev–Trinajstić information content (AvgIpc) is 2.99. The molecular weight excluding hydrogens is 585 g/mol. The molecule has 0 aromatic heterocycles. The summed E-state index contributed by atoms with van der Waals surface area (Å²) in [6, 6.07) is 13.4. The molecule has 0 saturated carbocycles. The minimum atomic E-state index is -4.55. The van der Waals surface area contributed by atoms with E-state index in [-0.39, 0.29) is 25.1 Å². The van der Waals surface area contributed by atoms with Gasteiger partial charge in [0, 0.05) is 37.8 Å². The summed E-state index contributed by atoms with van der Waals surface area (Å²) in [7, 11) is -4.55. The lowest BCUT2D eigenvalue weighted by molar-refractivity contribution is 0.192. The van der Waals surface area contributed by atoms with Crippen molar-refractivity contribution in [3.05, 3.63) is 112 Å². The first-order chi connectivity index (χ1) is 21.5. The van der Waals surface area contributed by atoms with E-state index in [1.165, 1.54) is 32.8 Å². The molecule has 2 aromatic rings. The third-order valence-electron chi connectivity index (χ3n) is 7.55. The summed E-state index contributed by atoms with van der Waals surface area (Å²) in [6.45, 7) is 16.3. The Balaban J connectivity index is 2.11. The van der Waals surface area contributed by atoms with Crippen LogP contribution in [0, 0.1) is 0 Å². The Kier molecular flexibility index (Phi) is 13.9. The Bertz CT molecular complexity index is 1580. The molecule has 0 heterocycles. The predicted molar refractivity (Wildman–Crippen MR) is 186 cm³/mol. The van der Waals surface area contributed by atoms with Gasteiger partial charge in [-0.15, -0.1) is 0 Å². The second-order valence-corrected chi connectivity index (χ2v) is 12.3. The van der Waals surface area contributed by atoms with Gasteiger partial charge in [0.1, 0.15) is 5.76 Å². The van der Waals surface area contributed by atoms with E-state index in [1.807, 2.05) is 32.1 Å². The number of ether oxygens (including phenoxy) is 1. The van der Waals surface area contributed by atoms with E-state index in [4.69, 9.17) is 20.3 Å². The Morgan fingerprint density at radius 1 is 1.16 bits per heavy atom. The first-order valence-corrected chi connectivity index (χ1v) is 17.3. The third kappa shape index (κ3) is 10.9. The maximum Gasteiger partial charge on any atom is 0.469 e. The van der Waals surface area contributed by atoms with Crippen LogP contribution in [0.3, 0.4) is 0 Å². The number of nitrogens with one attached hydrogen (secondary N) is 1. The molecule has 0 amide bonds. The molecule has 2 aromatic carbocycles. The molecule has 3 rings (SSSR count). The van der Waals surface area contributed by atoms with Crippen molar-refractivity contribution in [2.24, 2.45) is 5.73 Å². The lowest BCUT2D eigenvalue weighted by atomic mass is 9.82. The Hall–Kier alpha value is -3.39. The minimum Gasteiger partial charge on any atom is -0.446 e. The first kappa shape index (κ1) is 36.1. The van der Waals surface area contributed by atoms with E-state index in [1.54, 1.807) is 0 Å². The molecule has 0 spiro atoms. The van der Waals surface area contributed by atoms with Crippen LogP contribution < -0.4 is 26.4 Å². The van der Waals surface area contributed by atoms with Gasteiger partial charge in [0.05, 0.1) is 6.61 Å². The van der Waals surface area contributed by atoms with Crippen LogP contribution in [0.4, 0.5) is 5.69 Å². The van der Waals surface area contributed by atoms with Crippen molar-refractivity contribution >= 4 is 25.2 Å². The number of fused-ring (bicyclic) bond motifs is 2. The third-order valence-corrected chi connectivity index (χ3v) is 8.07. The molecule has 0 aliphatic heterocycles. The topological polar surface area (TPSA) is 117 Å². The number of hydrogen-bond acceptors (Lipinski definition) is 6.